The van der Waals surface area contributed by atoms with Crippen molar-refractivity contribution in [2.24, 2.45) is 0 Å². The number of rotatable bonds is 3. The maximum absolute atomic E-state index is 10.4. The summed E-state index contributed by atoms with van der Waals surface area (Å²) in [4.78, 5) is 13.7. The van der Waals surface area contributed by atoms with E-state index in [9.17, 15) is 10.1 Å². The molecule has 0 spiro atoms. The van der Waals surface area contributed by atoms with E-state index in [2.05, 4.69) is 11.6 Å². The Morgan fingerprint density at radius 1 is 1.85 bits per heavy atom. The largest absolute Gasteiger partial charge is 0.444 e. The van der Waals surface area contributed by atoms with Gasteiger partial charge in [-0.05, 0) is 0 Å². The van der Waals surface area contributed by atoms with Gasteiger partial charge in [-0.1, -0.05) is 12.7 Å². The quantitative estimate of drug-likeness (QED) is 0.404. The van der Waals surface area contributed by atoms with Crippen molar-refractivity contribution in [3.63, 3.8) is 0 Å². The Balaban J connectivity index is 3.19. The van der Waals surface area contributed by atoms with Crippen LogP contribution in [0.2, 0.25) is 0 Å². The van der Waals surface area contributed by atoms with Crippen LogP contribution in [0.5, 0.6) is 0 Å². The summed E-state index contributed by atoms with van der Waals surface area (Å²) in [6.07, 6.45) is 4.13. The normalized spacial score (nSPS) is 12.1. The van der Waals surface area contributed by atoms with Gasteiger partial charge >= 0.3 is 0 Å². The lowest BCUT2D eigenvalue weighted by molar-refractivity contribution is -0.423. The van der Waals surface area contributed by atoms with Crippen molar-refractivity contribution in [2.45, 2.75) is 6.92 Å². The van der Waals surface area contributed by atoms with Crippen LogP contribution in [-0.2, 0) is 0 Å². The fourth-order valence-electron chi connectivity index (χ4n) is 0.845. The number of hydrogen-bond acceptors (Lipinski definition) is 4. The van der Waals surface area contributed by atoms with E-state index in [4.69, 9.17) is 4.42 Å². The third kappa shape index (κ3) is 1.81. The molecule has 5 heteroatoms. The molecule has 0 radical (unpaired) electrons. The van der Waals surface area contributed by atoms with E-state index in [1.54, 1.807) is 0 Å². The van der Waals surface area contributed by atoms with E-state index >= 15 is 0 Å². The molecule has 0 fully saturated rings. The molecule has 1 heterocycles. The zero-order valence-corrected chi connectivity index (χ0v) is 7.06. The molecule has 0 amide bonds. The fraction of sp³-hybridized carbons (Fsp3) is 0.125. The standard InChI is InChI=1S/C8H8N2O3/c1-3-7(6(2)10(11)12)8-9-4-5-13-8/h3-5H,1H2,2H3/b7-6-. The highest BCUT2D eigenvalue weighted by Crippen LogP contribution is 2.17. The topological polar surface area (TPSA) is 69.2 Å². The van der Waals surface area contributed by atoms with Crippen LogP contribution in [0.15, 0.2) is 35.2 Å². The van der Waals surface area contributed by atoms with E-state index in [1.165, 1.54) is 25.5 Å². The molecule has 5 nitrogen and oxygen atoms in total. The third-order valence-electron chi connectivity index (χ3n) is 1.53. The molecule has 0 saturated carbocycles. The summed E-state index contributed by atoms with van der Waals surface area (Å²) >= 11 is 0. The third-order valence-corrected chi connectivity index (χ3v) is 1.53. The van der Waals surface area contributed by atoms with Crippen molar-refractivity contribution < 1.29 is 9.34 Å². The van der Waals surface area contributed by atoms with E-state index in [0.717, 1.165) is 0 Å². The molecule has 1 aromatic rings. The summed E-state index contributed by atoms with van der Waals surface area (Å²) in [6, 6.07) is 0. The minimum absolute atomic E-state index is 0.0301. The fourth-order valence-corrected chi connectivity index (χ4v) is 0.845. The Hall–Kier alpha value is -1.91. The molecular formula is C8H8N2O3. The van der Waals surface area contributed by atoms with Crippen LogP contribution in [0, 0.1) is 10.1 Å². The molecule has 0 bridgehead atoms. The summed E-state index contributed by atoms with van der Waals surface area (Å²) in [6.45, 7) is 4.83. The second-order valence-electron chi connectivity index (χ2n) is 2.30. The van der Waals surface area contributed by atoms with Gasteiger partial charge in [0.15, 0.2) is 0 Å². The first-order valence-electron chi connectivity index (χ1n) is 3.54. The van der Waals surface area contributed by atoms with E-state index < -0.39 is 4.92 Å². The van der Waals surface area contributed by atoms with Crippen molar-refractivity contribution in [3.05, 3.63) is 46.8 Å². The molecule has 0 N–H and O–H groups in total. The Morgan fingerprint density at radius 3 is 2.92 bits per heavy atom. The summed E-state index contributed by atoms with van der Waals surface area (Å²) in [5, 5.41) is 10.4. The lowest BCUT2D eigenvalue weighted by atomic mass is 10.2. The minimum Gasteiger partial charge on any atom is -0.444 e. The SMILES string of the molecule is C=C/C(=C(\C)[N+](=O)[O-])c1ncco1. The van der Waals surface area contributed by atoms with Crippen molar-refractivity contribution in [1.82, 2.24) is 4.98 Å². The van der Waals surface area contributed by atoms with Gasteiger partial charge in [-0.3, -0.25) is 10.1 Å². The maximum Gasteiger partial charge on any atom is 0.255 e. The highest BCUT2D eigenvalue weighted by molar-refractivity contribution is 5.69. The number of aromatic nitrogens is 1. The van der Waals surface area contributed by atoms with Crippen LogP contribution in [-0.4, -0.2) is 9.91 Å². The smallest absolute Gasteiger partial charge is 0.255 e. The Bertz CT molecular complexity index is 351. The maximum atomic E-state index is 10.4. The van der Waals surface area contributed by atoms with E-state index in [1.807, 2.05) is 0 Å². The number of hydrogen-bond donors (Lipinski definition) is 0. The van der Waals surface area contributed by atoms with Gasteiger partial charge in [0.1, 0.15) is 11.8 Å². The minimum atomic E-state index is -0.499. The molecule has 13 heavy (non-hydrogen) atoms. The van der Waals surface area contributed by atoms with Crippen LogP contribution < -0.4 is 0 Å². The molecule has 1 rings (SSSR count). The van der Waals surface area contributed by atoms with E-state index in [0.29, 0.717) is 5.57 Å². The molecule has 1 aromatic heterocycles. The Labute approximate surface area is 74.5 Å². The molecule has 68 valence electrons. The Kier molecular flexibility index (Phi) is 2.59. The number of nitrogens with zero attached hydrogens (tertiary/aromatic N) is 2. The van der Waals surface area contributed by atoms with Crippen LogP contribution >= 0.6 is 0 Å². The lowest BCUT2D eigenvalue weighted by Gasteiger charge is -1.95. The summed E-state index contributed by atoms with van der Waals surface area (Å²) in [7, 11) is 0. The van der Waals surface area contributed by atoms with Crippen molar-refractivity contribution in [2.75, 3.05) is 0 Å². The highest BCUT2D eigenvalue weighted by atomic mass is 16.6. The van der Waals surface area contributed by atoms with Gasteiger partial charge in [-0.2, -0.15) is 0 Å². The van der Waals surface area contributed by atoms with Gasteiger partial charge in [-0.15, -0.1) is 0 Å². The molecule has 0 saturated heterocycles. The first kappa shape index (κ1) is 9.18. The summed E-state index contributed by atoms with van der Waals surface area (Å²) in [5.41, 5.74) is 0.271. The molecule has 0 aliphatic heterocycles. The highest BCUT2D eigenvalue weighted by Gasteiger charge is 2.14. The lowest BCUT2D eigenvalue weighted by Crippen LogP contribution is -1.97. The Morgan fingerprint density at radius 2 is 2.54 bits per heavy atom. The predicted molar refractivity (Wildman–Crippen MR) is 46.3 cm³/mol. The zero-order valence-electron chi connectivity index (χ0n) is 7.06. The average Bonchev–Trinajstić information content (AvgIpc) is 2.58. The second-order valence-corrected chi connectivity index (χ2v) is 2.30. The van der Waals surface area contributed by atoms with Gasteiger partial charge in [-0.25, -0.2) is 4.98 Å². The molecule has 0 aliphatic carbocycles. The van der Waals surface area contributed by atoms with Crippen LogP contribution in [0.3, 0.4) is 0 Å². The van der Waals surface area contributed by atoms with Crippen LogP contribution in [0.4, 0.5) is 0 Å². The number of oxazole rings is 1. The van der Waals surface area contributed by atoms with Gasteiger partial charge in [0, 0.05) is 6.92 Å². The molecule has 0 unspecified atom stereocenters. The van der Waals surface area contributed by atoms with Crippen LogP contribution in [0.1, 0.15) is 12.8 Å². The first-order chi connectivity index (χ1) is 6.16. The number of allylic oxidation sites excluding steroid dienone is 3. The van der Waals surface area contributed by atoms with Crippen molar-refractivity contribution in [3.8, 4) is 0 Å². The predicted octanol–water partition coefficient (Wildman–Crippen LogP) is 1.87. The summed E-state index contributed by atoms with van der Waals surface area (Å²) in [5.74, 6) is 0.212. The van der Waals surface area contributed by atoms with Crippen molar-refractivity contribution >= 4 is 5.57 Å². The molecule has 0 aromatic carbocycles. The first-order valence-corrected chi connectivity index (χ1v) is 3.54. The van der Waals surface area contributed by atoms with Gasteiger partial charge in [0.2, 0.25) is 5.89 Å². The summed E-state index contributed by atoms with van der Waals surface area (Å²) < 4.78 is 4.91. The van der Waals surface area contributed by atoms with Gasteiger partial charge < -0.3 is 4.42 Å². The van der Waals surface area contributed by atoms with Gasteiger partial charge in [0.25, 0.3) is 5.70 Å². The van der Waals surface area contributed by atoms with Crippen molar-refractivity contribution in [1.29, 1.82) is 0 Å². The zero-order chi connectivity index (χ0) is 9.84. The molecule has 0 aliphatic rings. The van der Waals surface area contributed by atoms with Crippen LogP contribution in [0.25, 0.3) is 5.57 Å². The molecule has 0 atom stereocenters. The monoisotopic (exact) mass is 180 g/mol. The average molecular weight is 180 g/mol. The van der Waals surface area contributed by atoms with E-state index in [-0.39, 0.29) is 11.6 Å². The van der Waals surface area contributed by atoms with Gasteiger partial charge in [0.05, 0.1) is 11.1 Å². The second kappa shape index (κ2) is 3.66. The molecular weight excluding hydrogens is 172 g/mol. The number of nitro groups is 1.